The molecule has 3 heterocycles. The van der Waals surface area contributed by atoms with Crippen LogP contribution in [0.15, 0.2) is 42.7 Å². The lowest BCUT2D eigenvalue weighted by atomic mass is 10.0. The zero-order valence-corrected chi connectivity index (χ0v) is 18.1. The SMILES string of the molecule is CCn1ccc(C(=O)N2CCCC[C@@H]2c2ncc(C(=O)Nc3ccc(F)cc3)c(C)n2)n1. The Morgan fingerprint density at radius 2 is 1.97 bits per heavy atom. The minimum Gasteiger partial charge on any atom is -0.327 e. The number of piperidine rings is 1. The van der Waals surface area contributed by atoms with Crippen LogP contribution in [-0.4, -0.2) is 43.0 Å². The fraction of sp³-hybridized carbons (Fsp3) is 0.348. The van der Waals surface area contributed by atoms with E-state index in [-0.39, 0.29) is 23.7 Å². The largest absolute Gasteiger partial charge is 0.327 e. The van der Waals surface area contributed by atoms with Crippen LogP contribution in [0.1, 0.15) is 64.6 Å². The number of likely N-dealkylation sites (tertiary alicyclic amines) is 1. The average Bonchev–Trinajstić information content (AvgIpc) is 3.29. The number of amides is 2. The van der Waals surface area contributed by atoms with Crippen LogP contribution in [0.3, 0.4) is 0 Å². The van der Waals surface area contributed by atoms with Crippen molar-refractivity contribution in [3.63, 3.8) is 0 Å². The number of halogens is 1. The van der Waals surface area contributed by atoms with E-state index in [1.807, 2.05) is 6.92 Å². The van der Waals surface area contributed by atoms with E-state index in [4.69, 9.17) is 0 Å². The number of carbonyl (C=O) groups is 2. The fourth-order valence-electron chi connectivity index (χ4n) is 3.84. The second-order valence-electron chi connectivity index (χ2n) is 7.76. The van der Waals surface area contributed by atoms with E-state index in [1.54, 1.807) is 28.8 Å². The van der Waals surface area contributed by atoms with E-state index < -0.39 is 0 Å². The predicted octanol–water partition coefficient (Wildman–Crippen LogP) is 3.76. The van der Waals surface area contributed by atoms with Crippen molar-refractivity contribution in [2.75, 3.05) is 11.9 Å². The van der Waals surface area contributed by atoms with Gasteiger partial charge in [0, 0.05) is 31.2 Å². The van der Waals surface area contributed by atoms with Gasteiger partial charge >= 0.3 is 0 Å². The Morgan fingerprint density at radius 3 is 2.66 bits per heavy atom. The standard InChI is InChI=1S/C23H25FN6O2/c1-3-29-13-11-19(28-29)23(32)30-12-5-4-6-20(30)21-25-14-18(15(2)26-21)22(31)27-17-9-7-16(24)8-10-17/h7-11,13-14,20H,3-6,12H2,1-2H3,(H,27,31)/t20-/m1/s1. The predicted molar refractivity (Wildman–Crippen MR) is 117 cm³/mol. The summed E-state index contributed by atoms with van der Waals surface area (Å²) in [6.07, 6.45) is 5.91. The van der Waals surface area contributed by atoms with Crippen molar-refractivity contribution < 1.29 is 14.0 Å². The fourth-order valence-corrected chi connectivity index (χ4v) is 3.84. The third-order valence-corrected chi connectivity index (χ3v) is 5.59. The molecular weight excluding hydrogens is 411 g/mol. The van der Waals surface area contributed by atoms with Crippen LogP contribution in [0.25, 0.3) is 0 Å². The Bertz CT molecular complexity index is 1130. The van der Waals surface area contributed by atoms with E-state index in [9.17, 15) is 14.0 Å². The molecule has 2 amide bonds. The minimum atomic E-state index is -0.375. The topological polar surface area (TPSA) is 93.0 Å². The Morgan fingerprint density at radius 1 is 1.19 bits per heavy atom. The van der Waals surface area contributed by atoms with Gasteiger partial charge < -0.3 is 10.2 Å². The lowest BCUT2D eigenvalue weighted by Gasteiger charge is -2.34. The third kappa shape index (κ3) is 4.51. The van der Waals surface area contributed by atoms with Gasteiger partial charge in [-0.1, -0.05) is 0 Å². The summed E-state index contributed by atoms with van der Waals surface area (Å²) in [4.78, 5) is 36.5. The summed E-state index contributed by atoms with van der Waals surface area (Å²) in [5.41, 5.74) is 1.73. The van der Waals surface area contributed by atoms with Crippen molar-refractivity contribution in [2.45, 2.75) is 45.7 Å². The molecule has 0 saturated carbocycles. The number of aryl methyl sites for hydroxylation is 2. The van der Waals surface area contributed by atoms with Crippen molar-refractivity contribution in [3.05, 3.63) is 71.3 Å². The highest BCUT2D eigenvalue weighted by Crippen LogP contribution is 2.30. The Balaban J connectivity index is 1.54. The number of nitrogens with zero attached hydrogens (tertiary/aromatic N) is 5. The monoisotopic (exact) mass is 436 g/mol. The van der Waals surface area contributed by atoms with Crippen LogP contribution in [-0.2, 0) is 6.54 Å². The van der Waals surface area contributed by atoms with Crippen molar-refractivity contribution >= 4 is 17.5 Å². The molecule has 8 nitrogen and oxygen atoms in total. The highest BCUT2D eigenvalue weighted by molar-refractivity contribution is 6.04. The molecule has 2 aromatic heterocycles. The number of rotatable bonds is 5. The zero-order valence-electron chi connectivity index (χ0n) is 18.1. The molecule has 0 bridgehead atoms. The molecule has 1 atom stereocenters. The summed E-state index contributed by atoms with van der Waals surface area (Å²) >= 11 is 0. The van der Waals surface area contributed by atoms with E-state index in [0.717, 1.165) is 19.3 Å². The maximum atomic E-state index is 13.1. The first-order valence-corrected chi connectivity index (χ1v) is 10.7. The number of hydrogen-bond acceptors (Lipinski definition) is 5. The van der Waals surface area contributed by atoms with Gasteiger partial charge in [-0.05, 0) is 63.4 Å². The number of hydrogen-bond donors (Lipinski definition) is 1. The summed E-state index contributed by atoms with van der Waals surface area (Å²) in [6, 6.07) is 7.00. The maximum absolute atomic E-state index is 13.1. The average molecular weight is 436 g/mol. The van der Waals surface area contributed by atoms with Gasteiger partial charge in [-0.15, -0.1) is 0 Å². The van der Waals surface area contributed by atoms with Gasteiger partial charge in [0.15, 0.2) is 5.82 Å². The van der Waals surface area contributed by atoms with Crippen LogP contribution in [0, 0.1) is 12.7 Å². The van der Waals surface area contributed by atoms with Crippen molar-refractivity contribution in [1.29, 1.82) is 0 Å². The van der Waals surface area contributed by atoms with Crippen LogP contribution in [0.2, 0.25) is 0 Å². The molecule has 4 rings (SSSR count). The number of carbonyl (C=O) groups excluding carboxylic acids is 2. The first kappa shape index (κ1) is 21.6. The molecule has 1 aliphatic heterocycles. The molecule has 1 N–H and O–H groups in total. The Kier molecular flexibility index (Phi) is 6.25. The quantitative estimate of drug-likeness (QED) is 0.657. The number of nitrogens with one attached hydrogen (secondary N) is 1. The van der Waals surface area contributed by atoms with Gasteiger partial charge in [-0.3, -0.25) is 14.3 Å². The minimum absolute atomic E-state index is 0.138. The van der Waals surface area contributed by atoms with Gasteiger partial charge in [-0.2, -0.15) is 5.10 Å². The van der Waals surface area contributed by atoms with Gasteiger partial charge in [0.2, 0.25) is 0 Å². The van der Waals surface area contributed by atoms with Gasteiger partial charge in [0.05, 0.1) is 17.3 Å². The normalized spacial score (nSPS) is 16.1. The lowest BCUT2D eigenvalue weighted by molar-refractivity contribution is 0.0592. The van der Waals surface area contributed by atoms with Crippen LogP contribution in [0.4, 0.5) is 10.1 Å². The van der Waals surface area contributed by atoms with Crippen LogP contribution >= 0.6 is 0 Å². The highest BCUT2D eigenvalue weighted by atomic mass is 19.1. The second kappa shape index (κ2) is 9.25. The van der Waals surface area contributed by atoms with Gasteiger partial charge in [0.1, 0.15) is 11.5 Å². The Hall–Kier alpha value is -3.62. The van der Waals surface area contributed by atoms with Crippen molar-refractivity contribution in [1.82, 2.24) is 24.6 Å². The van der Waals surface area contributed by atoms with E-state index in [1.165, 1.54) is 30.5 Å². The molecule has 1 saturated heterocycles. The third-order valence-electron chi connectivity index (χ3n) is 5.59. The Labute approximate surface area is 185 Å². The smallest absolute Gasteiger partial charge is 0.274 e. The lowest BCUT2D eigenvalue weighted by Crippen LogP contribution is -2.39. The van der Waals surface area contributed by atoms with Crippen LogP contribution in [0.5, 0.6) is 0 Å². The molecule has 1 aromatic carbocycles. The molecule has 0 unspecified atom stereocenters. The molecule has 3 aromatic rings. The molecule has 0 spiro atoms. The van der Waals surface area contributed by atoms with E-state index >= 15 is 0 Å². The molecule has 0 aliphatic carbocycles. The molecule has 9 heteroatoms. The van der Waals surface area contributed by atoms with Crippen LogP contribution < -0.4 is 5.32 Å². The van der Waals surface area contributed by atoms with Gasteiger partial charge in [0.25, 0.3) is 11.8 Å². The second-order valence-corrected chi connectivity index (χ2v) is 7.76. The first-order valence-electron chi connectivity index (χ1n) is 10.7. The van der Waals surface area contributed by atoms with Gasteiger partial charge in [-0.25, -0.2) is 14.4 Å². The summed E-state index contributed by atoms with van der Waals surface area (Å²) in [7, 11) is 0. The number of anilines is 1. The van der Waals surface area contributed by atoms with Crippen molar-refractivity contribution in [3.8, 4) is 0 Å². The van der Waals surface area contributed by atoms with E-state index in [0.29, 0.717) is 41.6 Å². The highest BCUT2D eigenvalue weighted by Gasteiger charge is 2.32. The van der Waals surface area contributed by atoms with E-state index in [2.05, 4.69) is 20.4 Å². The molecule has 1 aliphatic rings. The number of aromatic nitrogens is 4. The maximum Gasteiger partial charge on any atom is 0.274 e. The zero-order chi connectivity index (χ0) is 22.7. The van der Waals surface area contributed by atoms with Crippen molar-refractivity contribution in [2.24, 2.45) is 0 Å². The summed E-state index contributed by atoms with van der Waals surface area (Å²) in [5.74, 6) is -0.368. The molecule has 1 fully saturated rings. The molecule has 166 valence electrons. The summed E-state index contributed by atoms with van der Waals surface area (Å²) in [5, 5.41) is 7.06. The molecule has 0 radical (unpaired) electrons. The summed E-state index contributed by atoms with van der Waals surface area (Å²) < 4.78 is 14.8. The number of benzene rings is 1. The summed E-state index contributed by atoms with van der Waals surface area (Å²) in [6.45, 7) is 5.01. The molecular formula is C23H25FN6O2. The molecule has 32 heavy (non-hydrogen) atoms. The first-order chi connectivity index (χ1) is 15.5.